The Bertz CT molecular complexity index is 697. The van der Waals surface area contributed by atoms with E-state index < -0.39 is 30.9 Å². The molecule has 6 atom stereocenters. The summed E-state index contributed by atoms with van der Waals surface area (Å²) >= 11 is 0. The summed E-state index contributed by atoms with van der Waals surface area (Å²) in [5.41, 5.74) is 0.924. The third-order valence-corrected chi connectivity index (χ3v) is 4.60. The van der Waals surface area contributed by atoms with Gasteiger partial charge in [0.2, 0.25) is 0 Å². The average Bonchev–Trinajstić information content (AvgIpc) is 3.03. The Balaban J connectivity index is 1.63. The maximum Gasteiger partial charge on any atom is 0.186 e. The van der Waals surface area contributed by atoms with E-state index in [1.54, 1.807) is 14.0 Å². The molecule has 0 bridgehead atoms. The van der Waals surface area contributed by atoms with Gasteiger partial charge in [-0.15, -0.1) is 0 Å². The van der Waals surface area contributed by atoms with Crippen molar-refractivity contribution in [2.75, 3.05) is 7.11 Å². The molecule has 2 saturated heterocycles. The van der Waals surface area contributed by atoms with Crippen molar-refractivity contribution in [1.82, 2.24) is 0 Å². The first-order chi connectivity index (χ1) is 11.2. The van der Waals surface area contributed by atoms with Gasteiger partial charge in [0, 0.05) is 12.7 Å². The SMILES string of the molecule is CO[C@@H]1O[C@@H](C)[C@H](O)[C@H]2O[C@@H](c3ccc4ccccc4c3)O[C@@H]12. The number of fused-ring (bicyclic) bond motifs is 2. The summed E-state index contributed by atoms with van der Waals surface area (Å²) in [5, 5.41) is 12.6. The van der Waals surface area contributed by atoms with Gasteiger partial charge < -0.3 is 24.1 Å². The predicted molar refractivity (Wildman–Crippen MR) is 83.8 cm³/mol. The van der Waals surface area contributed by atoms with Gasteiger partial charge in [-0.05, 0) is 23.8 Å². The molecule has 122 valence electrons. The fraction of sp³-hybridized carbons (Fsp3) is 0.444. The number of ether oxygens (including phenoxy) is 4. The van der Waals surface area contributed by atoms with E-state index in [9.17, 15) is 5.11 Å². The minimum atomic E-state index is -0.739. The third-order valence-electron chi connectivity index (χ3n) is 4.60. The van der Waals surface area contributed by atoms with Crippen LogP contribution >= 0.6 is 0 Å². The number of benzene rings is 2. The molecule has 2 aliphatic rings. The van der Waals surface area contributed by atoms with Crippen LogP contribution in [0.4, 0.5) is 0 Å². The van der Waals surface area contributed by atoms with Crippen molar-refractivity contribution in [2.45, 2.75) is 43.9 Å². The van der Waals surface area contributed by atoms with Gasteiger partial charge in [0.15, 0.2) is 12.6 Å². The van der Waals surface area contributed by atoms with Gasteiger partial charge in [-0.1, -0.05) is 36.4 Å². The second kappa shape index (κ2) is 5.85. The first kappa shape index (κ1) is 15.1. The highest BCUT2D eigenvalue weighted by molar-refractivity contribution is 5.83. The molecule has 2 aliphatic heterocycles. The average molecular weight is 316 g/mol. The molecule has 0 amide bonds. The molecule has 2 aromatic carbocycles. The molecule has 0 radical (unpaired) electrons. The highest BCUT2D eigenvalue weighted by atomic mass is 16.8. The number of aliphatic hydroxyl groups excluding tert-OH is 1. The normalized spacial score (nSPS) is 37.0. The zero-order chi connectivity index (χ0) is 16.0. The van der Waals surface area contributed by atoms with Gasteiger partial charge in [0.25, 0.3) is 0 Å². The summed E-state index contributed by atoms with van der Waals surface area (Å²) in [6, 6.07) is 14.2. The van der Waals surface area contributed by atoms with Gasteiger partial charge >= 0.3 is 0 Å². The van der Waals surface area contributed by atoms with Crippen LogP contribution in [0.5, 0.6) is 0 Å². The standard InChI is InChI=1S/C18H20O5/c1-10-14(19)15-16(18(20-2)21-10)23-17(22-15)13-8-7-11-5-3-4-6-12(11)9-13/h3-10,14-19H,1-2H3/t10-,14-,15+,16+,17+,18+/m0/s1. The van der Waals surface area contributed by atoms with Crippen LogP contribution in [-0.4, -0.2) is 42.9 Å². The monoisotopic (exact) mass is 316 g/mol. The van der Waals surface area contributed by atoms with Crippen molar-refractivity contribution in [1.29, 1.82) is 0 Å². The minimum absolute atomic E-state index is 0.361. The zero-order valence-corrected chi connectivity index (χ0v) is 13.1. The van der Waals surface area contributed by atoms with Crippen molar-refractivity contribution in [3.05, 3.63) is 48.0 Å². The number of methoxy groups -OCH3 is 1. The lowest BCUT2D eigenvalue weighted by Crippen LogP contribution is -2.55. The molecule has 0 spiro atoms. The molecule has 0 saturated carbocycles. The molecule has 2 heterocycles. The second-order valence-electron chi connectivity index (χ2n) is 6.08. The summed E-state index contributed by atoms with van der Waals surface area (Å²) in [6.45, 7) is 1.81. The Labute approximate surface area is 134 Å². The predicted octanol–water partition coefficient (Wildman–Crippen LogP) is 2.37. The maximum atomic E-state index is 10.3. The molecular weight excluding hydrogens is 296 g/mol. The molecule has 2 aromatic rings. The van der Waals surface area contributed by atoms with Crippen LogP contribution < -0.4 is 0 Å². The van der Waals surface area contributed by atoms with Crippen LogP contribution in [-0.2, 0) is 18.9 Å². The van der Waals surface area contributed by atoms with E-state index in [1.165, 1.54) is 5.39 Å². The lowest BCUT2D eigenvalue weighted by molar-refractivity contribution is -0.261. The molecule has 0 aliphatic carbocycles. The second-order valence-corrected chi connectivity index (χ2v) is 6.08. The lowest BCUT2D eigenvalue weighted by Gasteiger charge is -2.37. The summed E-state index contributed by atoms with van der Waals surface area (Å²) in [4.78, 5) is 0. The van der Waals surface area contributed by atoms with Crippen molar-refractivity contribution in [2.24, 2.45) is 0 Å². The van der Waals surface area contributed by atoms with Crippen molar-refractivity contribution >= 4 is 10.8 Å². The van der Waals surface area contributed by atoms with Crippen molar-refractivity contribution < 1.29 is 24.1 Å². The van der Waals surface area contributed by atoms with Crippen LogP contribution in [0.25, 0.3) is 10.8 Å². The summed E-state index contributed by atoms with van der Waals surface area (Å²) in [5.74, 6) is 0. The van der Waals surface area contributed by atoms with Crippen molar-refractivity contribution in [3.8, 4) is 0 Å². The zero-order valence-electron chi connectivity index (χ0n) is 13.1. The number of rotatable bonds is 2. The van der Waals surface area contributed by atoms with E-state index in [1.807, 2.05) is 24.3 Å². The van der Waals surface area contributed by atoms with E-state index in [4.69, 9.17) is 18.9 Å². The highest BCUT2D eigenvalue weighted by Crippen LogP contribution is 2.39. The highest BCUT2D eigenvalue weighted by Gasteiger charge is 2.51. The number of aliphatic hydroxyl groups is 1. The molecular formula is C18H20O5. The summed E-state index contributed by atoms with van der Waals surface area (Å²) < 4.78 is 23.0. The molecule has 23 heavy (non-hydrogen) atoms. The molecule has 0 aromatic heterocycles. The van der Waals surface area contributed by atoms with Crippen LogP contribution in [0.15, 0.2) is 42.5 Å². The minimum Gasteiger partial charge on any atom is -0.388 e. The van der Waals surface area contributed by atoms with Crippen molar-refractivity contribution in [3.63, 3.8) is 0 Å². The molecule has 4 rings (SSSR count). The van der Waals surface area contributed by atoms with Crippen LogP contribution in [0.3, 0.4) is 0 Å². The topological polar surface area (TPSA) is 57.2 Å². The van der Waals surface area contributed by atoms with Crippen LogP contribution in [0.2, 0.25) is 0 Å². The smallest absolute Gasteiger partial charge is 0.186 e. The Hall–Kier alpha value is -1.50. The van der Waals surface area contributed by atoms with E-state index >= 15 is 0 Å². The van der Waals surface area contributed by atoms with Crippen LogP contribution in [0.1, 0.15) is 18.8 Å². The van der Waals surface area contributed by atoms with Gasteiger partial charge in [0.1, 0.15) is 18.3 Å². The molecule has 5 nitrogen and oxygen atoms in total. The summed E-state index contributed by atoms with van der Waals surface area (Å²) in [7, 11) is 1.57. The molecule has 1 N–H and O–H groups in total. The Kier molecular flexibility index (Phi) is 3.83. The molecule has 2 fully saturated rings. The van der Waals surface area contributed by atoms with Gasteiger partial charge in [-0.25, -0.2) is 0 Å². The Morgan fingerprint density at radius 2 is 1.70 bits per heavy atom. The van der Waals surface area contributed by atoms with E-state index in [0.717, 1.165) is 10.9 Å². The van der Waals surface area contributed by atoms with Gasteiger partial charge in [0.05, 0.1) is 6.10 Å². The fourth-order valence-corrected chi connectivity index (χ4v) is 3.30. The molecule has 5 heteroatoms. The first-order valence-corrected chi connectivity index (χ1v) is 7.83. The lowest BCUT2D eigenvalue weighted by atomic mass is 10.0. The maximum absolute atomic E-state index is 10.3. The van der Waals surface area contributed by atoms with E-state index in [0.29, 0.717) is 0 Å². The third kappa shape index (κ3) is 2.55. The number of hydrogen-bond donors (Lipinski definition) is 1. The Morgan fingerprint density at radius 3 is 2.48 bits per heavy atom. The van der Waals surface area contributed by atoms with Gasteiger partial charge in [-0.3, -0.25) is 0 Å². The van der Waals surface area contributed by atoms with Crippen LogP contribution in [0, 0.1) is 0 Å². The van der Waals surface area contributed by atoms with Gasteiger partial charge in [-0.2, -0.15) is 0 Å². The summed E-state index contributed by atoms with van der Waals surface area (Å²) in [6.07, 6.45) is -3.07. The molecule has 0 unspecified atom stereocenters. The quantitative estimate of drug-likeness (QED) is 0.922. The fourth-order valence-electron chi connectivity index (χ4n) is 3.30. The first-order valence-electron chi connectivity index (χ1n) is 7.83. The number of hydrogen-bond acceptors (Lipinski definition) is 5. The van der Waals surface area contributed by atoms with E-state index in [-0.39, 0.29) is 6.10 Å². The largest absolute Gasteiger partial charge is 0.388 e. The van der Waals surface area contributed by atoms with E-state index in [2.05, 4.69) is 18.2 Å². The Morgan fingerprint density at radius 1 is 0.957 bits per heavy atom.